The van der Waals surface area contributed by atoms with E-state index in [1.165, 1.54) is 18.2 Å². The molecule has 0 saturated heterocycles. The van der Waals surface area contributed by atoms with Crippen LogP contribution in [0.2, 0.25) is 5.02 Å². The highest BCUT2D eigenvalue weighted by atomic mass is 35.5. The minimum Gasteiger partial charge on any atom is -0.455 e. The Morgan fingerprint density at radius 2 is 1.64 bits per heavy atom. The third-order valence-electron chi connectivity index (χ3n) is 3.72. The van der Waals surface area contributed by atoms with Crippen molar-refractivity contribution in [3.8, 4) is 11.5 Å². The van der Waals surface area contributed by atoms with E-state index in [1.807, 2.05) is 17.7 Å². The van der Waals surface area contributed by atoms with Crippen LogP contribution in [0.5, 0.6) is 11.5 Å². The van der Waals surface area contributed by atoms with Gasteiger partial charge in [0, 0.05) is 5.02 Å². The van der Waals surface area contributed by atoms with Crippen molar-refractivity contribution in [2.45, 2.75) is 11.8 Å². The lowest BCUT2D eigenvalue weighted by molar-refractivity contribution is 0.256. The van der Waals surface area contributed by atoms with Gasteiger partial charge in [0.1, 0.15) is 5.75 Å². The van der Waals surface area contributed by atoms with Crippen molar-refractivity contribution in [1.82, 2.24) is 4.72 Å². The smallest absolute Gasteiger partial charge is 0.333 e. The van der Waals surface area contributed by atoms with Crippen LogP contribution < -0.4 is 14.8 Å². The number of amides is 2. The van der Waals surface area contributed by atoms with Gasteiger partial charge >= 0.3 is 6.03 Å². The van der Waals surface area contributed by atoms with Gasteiger partial charge in [-0.2, -0.15) is 0 Å². The zero-order chi connectivity index (χ0) is 20.1. The number of carbonyl (C=O) groups excluding carboxylic acids is 1. The molecule has 0 saturated carbocycles. The number of urea groups is 1. The van der Waals surface area contributed by atoms with E-state index in [2.05, 4.69) is 5.32 Å². The molecular weight excluding hydrogens is 400 g/mol. The highest BCUT2D eigenvalue weighted by molar-refractivity contribution is 7.90. The molecule has 0 heterocycles. The molecule has 0 aromatic heterocycles. The minimum atomic E-state index is -4.01. The molecule has 0 aliphatic heterocycles. The standard InChI is InChI=1S/C20H17ClN2O4S/c1-14-7-10-17(11-8-14)28(25,26)23-20(24)22-18-13-15(21)9-12-19(18)27-16-5-3-2-4-6-16/h2-13H,1H3,(H2,22,23,24). The van der Waals surface area contributed by atoms with Crippen molar-refractivity contribution in [3.05, 3.63) is 83.4 Å². The molecule has 3 aromatic carbocycles. The molecular formula is C20H17ClN2O4S. The predicted molar refractivity (Wildman–Crippen MR) is 108 cm³/mol. The molecule has 0 atom stereocenters. The number of aryl methyl sites for hydroxylation is 1. The summed E-state index contributed by atoms with van der Waals surface area (Å²) in [6, 6.07) is 18.8. The van der Waals surface area contributed by atoms with Crippen molar-refractivity contribution in [3.63, 3.8) is 0 Å². The van der Waals surface area contributed by atoms with Crippen LogP contribution in [0.1, 0.15) is 5.56 Å². The maximum atomic E-state index is 12.4. The first kappa shape index (κ1) is 19.7. The Morgan fingerprint density at radius 3 is 2.32 bits per heavy atom. The van der Waals surface area contributed by atoms with E-state index in [1.54, 1.807) is 48.5 Å². The minimum absolute atomic E-state index is 0.0138. The number of benzene rings is 3. The molecule has 0 aliphatic carbocycles. The Hall–Kier alpha value is -3.03. The fraction of sp³-hybridized carbons (Fsp3) is 0.0500. The Kier molecular flexibility index (Phi) is 5.87. The van der Waals surface area contributed by atoms with E-state index in [9.17, 15) is 13.2 Å². The van der Waals surface area contributed by atoms with Gasteiger partial charge in [-0.05, 0) is 49.4 Å². The second-order valence-electron chi connectivity index (χ2n) is 5.93. The summed E-state index contributed by atoms with van der Waals surface area (Å²) in [5.74, 6) is 0.874. The van der Waals surface area contributed by atoms with Crippen molar-refractivity contribution in [2.75, 3.05) is 5.32 Å². The highest BCUT2D eigenvalue weighted by Gasteiger charge is 2.18. The zero-order valence-corrected chi connectivity index (χ0v) is 16.4. The Balaban J connectivity index is 1.78. The lowest BCUT2D eigenvalue weighted by Crippen LogP contribution is -2.34. The van der Waals surface area contributed by atoms with Gasteiger partial charge in [0.25, 0.3) is 10.0 Å². The summed E-state index contributed by atoms with van der Waals surface area (Å²) in [6.45, 7) is 1.84. The van der Waals surface area contributed by atoms with Crippen molar-refractivity contribution >= 4 is 33.3 Å². The fourth-order valence-electron chi connectivity index (χ4n) is 2.35. The number of nitrogens with one attached hydrogen (secondary N) is 2. The van der Waals surface area contributed by atoms with Crippen LogP contribution in [0.3, 0.4) is 0 Å². The third-order valence-corrected chi connectivity index (χ3v) is 5.30. The van der Waals surface area contributed by atoms with Crippen LogP contribution in [0.4, 0.5) is 10.5 Å². The first-order valence-electron chi connectivity index (χ1n) is 8.26. The average Bonchev–Trinajstić information content (AvgIpc) is 2.64. The maximum Gasteiger partial charge on any atom is 0.333 e. The summed E-state index contributed by atoms with van der Waals surface area (Å²) in [7, 11) is -4.01. The molecule has 3 aromatic rings. The molecule has 144 valence electrons. The first-order chi connectivity index (χ1) is 13.3. The quantitative estimate of drug-likeness (QED) is 0.616. The Bertz CT molecular complexity index is 1080. The van der Waals surface area contributed by atoms with Gasteiger partial charge in [0.2, 0.25) is 0 Å². The van der Waals surface area contributed by atoms with E-state index < -0.39 is 16.1 Å². The SMILES string of the molecule is Cc1ccc(S(=O)(=O)NC(=O)Nc2cc(Cl)ccc2Oc2ccccc2)cc1. The summed E-state index contributed by atoms with van der Waals surface area (Å²) in [5.41, 5.74) is 1.14. The summed E-state index contributed by atoms with van der Waals surface area (Å²) in [4.78, 5) is 12.3. The number of rotatable bonds is 5. The number of halogens is 1. The second kappa shape index (κ2) is 8.33. The zero-order valence-electron chi connectivity index (χ0n) is 14.8. The fourth-order valence-corrected chi connectivity index (χ4v) is 3.43. The van der Waals surface area contributed by atoms with Crippen LogP contribution in [0, 0.1) is 6.92 Å². The number of para-hydroxylation sites is 1. The average molecular weight is 417 g/mol. The van der Waals surface area contributed by atoms with Crippen LogP contribution in [0.15, 0.2) is 77.7 Å². The van der Waals surface area contributed by atoms with E-state index in [-0.39, 0.29) is 10.6 Å². The van der Waals surface area contributed by atoms with Crippen molar-refractivity contribution in [1.29, 1.82) is 0 Å². The number of hydrogen-bond donors (Lipinski definition) is 2. The monoisotopic (exact) mass is 416 g/mol. The molecule has 28 heavy (non-hydrogen) atoms. The third kappa shape index (κ3) is 5.03. The van der Waals surface area contributed by atoms with Crippen LogP contribution in [-0.4, -0.2) is 14.4 Å². The molecule has 0 radical (unpaired) electrons. The summed E-state index contributed by atoms with van der Waals surface area (Å²) >= 11 is 6.00. The largest absolute Gasteiger partial charge is 0.455 e. The summed E-state index contributed by atoms with van der Waals surface area (Å²) < 4.78 is 32.4. The molecule has 2 N–H and O–H groups in total. The number of carbonyl (C=O) groups is 1. The Labute approximate surface area is 168 Å². The van der Waals surface area contributed by atoms with E-state index >= 15 is 0 Å². The maximum absolute atomic E-state index is 12.4. The summed E-state index contributed by atoms with van der Waals surface area (Å²) in [6.07, 6.45) is 0. The molecule has 0 spiro atoms. The van der Waals surface area contributed by atoms with Crippen LogP contribution in [0.25, 0.3) is 0 Å². The molecule has 0 aliphatic rings. The number of ether oxygens (including phenoxy) is 1. The van der Waals surface area contributed by atoms with Crippen molar-refractivity contribution < 1.29 is 17.9 Å². The predicted octanol–water partition coefficient (Wildman–Crippen LogP) is 4.95. The lowest BCUT2D eigenvalue weighted by Gasteiger charge is -2.13. The molecule has 0 fully saturated rings. The first-order valence-corrected chi connectivity index (χ1v) is 10.1. The van der Waals surface area contributed by atoms with E-state index in [0.29, 0.717) is 16.5 Å². The van der Waals surface area contributed by atoms with E-state index in [4.69, 9.17) is 16.3 Å². The number of anilines is 1. The molecule has 0 bridgehead atoms. The second-order valence-corrected chi connectivity index (χ2v) is 8.05. The van der Waals surface area contributed by atoms with Gasteiger partial charge in [-0.25, -0.2) is 17.9 Å². The molecule has 3 rings (SSSR count). The molecule has 2 amide bonds. The van der Waals surface area contributed by atoms with Gasteiger partial charge in [0.05, 0.1) is 10.6 Å². The lowest BCUT2D eigenvalue weighted by atomic mass is 10.2. The van der Waals surface area contributed by atoms with Gasteiger partial charge in [-0.1, -0.05) is 47.5 Å². The molecule has 0 unspecified atom stereocenters. The number of hydrogen-bond acceptors (Lipinski definition) is 4. The van der Waals surface area contributed by atoms with Gasteiger partial charge in [-0.3, -0.25) is 0 Å². The normalized spacial score (nSPS) is 10.9. The van der Waals surface area contributed by atoms with Gasteiger partial charge in [-0.15, -0.1) is 0 Å². The van der Waals surface area contributed by atoms with Gasteiger partial charge < -0.3 is 10.1 Å². The van der Waals surface area contributed by atoms with Crippen LogP contribution in [-0.2, 0) is 10.0 Å². The molecule has 6 nitrogen and oxygen atoms in total. The topological polar surface area (TPSA) is 84.5 Å². The Morgan fingerprint density at radius 1 is 0.964 bits per heavy atom. The molecule has 8 heteroatoms. The highest BCUT2D eigenvalue weighted by Crippen LogP contribution is 2.32. The van der Waals surface area contributed by atoms with E-state index in [0.717, 1.165) is 5.56 Å². The van der Waals surface area contributed by atoms with Crippen LogP contribution >= 0.6 is 11.6 Å². The summed E-state index contributed by atoms with van der Waals surface area (Å²) in [5, 5.41) is 2.83. The van der Waals surface area contributed by atoms with Gasteiger partial charge in [0.15, 0.2) is 5.75 Å². The van der Waals surface area contributed by atoms with Crippen molar-refractivity contribution in [2.24, 2.45) is 0 Å². The number of sulfonamides is 1.